The Bertz CT molecular complexity index is 1150. The van der Waals surface area contributed by atoms with Gasteiger partial charge in [-0.15, -0.1) is 0 Å². The maximum atomic E-state index is 12.9. The summed E-state index contributed by atoms with van der Waals surface area (Å²) in [4.78, 5) is 12.9. The van der Waals surface area contributed by atoms with Crippen LogP contribution in [0.2, 0.25) is 0 Å². The molecule has 0 spiro atoms. The van der Waals surface area contributed by atoms with Crippen LogP contribution in [0.4, 0.5) is 0 Å². The number of aliphatic hydroxyl groups is 3. The molecule has 0 heterocycles. The van der Waals surface area contributed by atoms with Crippen molar-refractivity contribution < 1.29 is 25.2 Å². The van der Waals surface area contributed by atoms with Crippen molar-refractivity contribution in [2.24, 2.45) is 50.2 Å². The van der Waals surface area contributed by atoms with Gasteiger partial charge in [0.25, 0.3) is 0 Å². The molecule has 5 nitrogen and oxygen atoms in total. The summed E-state index contributed by atoms with van der Waals surface area (Å²) in [5.74, 6) is -0.287. The zero-order valence-electron chi connectivity index (χ0n) is 25.3. The molecule has 0 amide bonds. The van der Waals surface area contributed by atoms with Crippen LogP contribution in [-0.2, 0) is 4.79 Å². The molecule has 0 aromatic heterocycles. The predicted octanol–water partition coefficient (Wildman–Crippen LogP) is 6.27. The highest BCUT2D eigenvalue weighted by molar-refractivity contribution is 5.76. The molecular formula is C34H52O5. The molecule has 6 rings (SSSR count). The molecule has 218 valence electrons. The number of aliphatic hydroxyl groups excluding tert-OH is 2. The average Bonchev–Trinajstić information content (AvgIpc) is 2.80. The van der Waals surface area contributed by atoms with E-state index in [0.29, 0.717) is 18.8 Å². The molecule has 4 saturated carbocycles. The van der Waals surface area contributed by atoms with E-state index in [1.165, 1.54) is 5.57 Å². The highest BCUT2D eigenvalue weighted by atomic mass is 16.4. The van der Waals surface area contributed by atoms with Crippen molar-refractivity contribution in [1.82, 2.24) is 0 Å². The lowest BCUT2D eigenvalue weighted by atomic mass is 9.34. The number of fused-ring (bicyclic) bond motifs is 8. The average molecular weight is 541 g/mol. The normalized spacial score (nSPS) is 56.0. The fourth-order valence-electron chi connectivity index (χ4n) is 12.2. The van der Waals surface area contributed by atoms with Gasteiger partial charge >= 0.3 is 5.97 Å². The van der Waals surface area contributed by atoms with E-state index in [0.717, 1.165) is 56.9 Å². The molecule has 0 aliphatic heterocycles. The molecule has 5 heteroatoms. The summed E-state index contributed by atoms with van der Waals surface area (Å²) in [7, 11) is 0. The Morgan fingerprint density at radius 3 is 2.21 bits per heavy atom. The summed E-state index contributed by atoms with van der Waals surface area (Å²) < 4.78 is 0. The molecule has 4 fully saturated rings. The quantitative estimate of drug-likeness (QED) is 0.294. The zero-order chi connectivity index (χ0) is 28.6. The maximum absolute atomic E-state index is 12.9. The summed E-state index contributed by atoms with van der Waals surface area (Å²) >= 11 is 0. The van der Waals surface area contributed by atoms with Crippen molar-refractivity contribution in [2.45, 2.75) is 130 Å². The van der Waals surface area contributed by atoms with Gasteiger partial charge in [-0.25, -0.2) is 0 Å². The van der Waals surface area contributed by atoms with E-state index in [9.17, 15) is 25.2 Å². The smallest absolute Gasteiger partial charge is 0.310 e. The summed E-state index contributed by atoms with van der Waals surface area (Å²) in [6.07, 6.45) is 11.2. The first-order valence-electron chi connectivity index (χ1n) is 15.6. The first-order chi connectivity index (χ1) is 17.9. The lowest BCUT2D eigenvalue weighted by molar-refractivity contribution is -0.194. The molecule has 0 aromatic carbocycles. The number of carboxylic acid groups (broad SMARTS) is 1. The van der Waals surface area contributed by atoms with Gasteiger partial charge in [0.05, 0.1) is 23.2 Å². The molecule has 39 heavy (non-hydrogen) atoms. The third kappa shape index (κ3) is 3.39. The van der Waals surface area contributed by atoms with Crippen molar-refractivity contribution >= 4 is 5.97 Å². The van der Waals surface area contributed by atoms with E-state index in [4.69, 9.17) is 0 Å². The third-order valence-corrected chi connectivity index (χ3v) is 14.3. The molecule has 6 aliphatic carbocycles. The Morgan fingerprint density at radius 1 is 0.872 bits per heavy atom. The highest BCUT2D eigenvalue weighted by Crippen LogP contribution is 2.76. The van der Waals surface area contributed by atoms with Crippen molar-refractivity contribution in [3.05, 3.63) is 23.3 Å². The maximum Gasteiger partial charge on any atom is 0.310 e. The first kappa shape index (κ1) is 28.0. The van der Waals surface area contributed by atoms with Gasteiger partial charge in [-0.05, 0) is 122 Å². The van der Waals surface area contributed by atoms with Crippen LogP contribution in [0, 0.1) is 50.2 Å². The van der Waals surface area contributed by atoms with Gasteiger partial charge in [-0.3, -0.25) is 4.79 Å². The Balaban J connectivity index is 1.46. The number of carboxylic acids is 1. The van der Waals surface area contributed by atoms with E-state index in [-0.39, 0.29) is 38.9 Å². The predicted molar refractivity (Wildman–Crippen MR) is 152 cm³/mol. The molecule has 6 aliphatic rings. The van der Waals surface area contributed by atoms with E-state index >= 15 is 0 Å². The van der Waals surface area contributed by atoms with Crippen LogP contribution < -0.4 is 0 Å². The lowest BCUT2D eigenvalue weighted by Gasteiger charge is -2.71. The van der Waals surface area contributed by atoms with E-state index in [1.54, 1.807) is 0 Å². The van der Waals surface area contributed by atoms with Crippen LogP contribution in [0.25, 0.3) is 0 Å². The van der Waals surface area contributed by atoms with Crippen molar-refractivity contribution in [3.8, 4) is 0 Å². The summed E-state index contributed by atoms with van der Waals surface area (Å²) in [5.41, 5.74) is 0.370. The van der Waals surface area contributed by atoms with Gasteiger partial charge in [-0.1, -0.05) is 59.3 Å². The number of allylic oxidation sites excluding steroid dienone is 3. The van der Waals surface area contributed by atoms with Crippen LogP contribution >= 0.6 is 0 Å². The monoisotopic (exact) mass is 540 g/mol. The van der Waals surface area contributed by atoms with E-state index in [2.05, 4.69) is 53.7 Å². The van der Waals surface area contributed by atoms with Gasteiger partial charge in [0.2, 0.25) is 0 Å². The number of carbonyl (C=O) groups is 1. The zero-order valence-corrected chi connectivity index (χ0v) is 25.3. The Hall–Kier alpha value is -1.17. The largest absolute Gasteiger partial charge is 0.481 e. The van der Waals surface area contributed by atoms with Crippen molar-refractivity contribution in [3.63, 3.8) is 0 Å². The molecule has 0 radical (unpaired) electrons. The number of aliphatic carboxylic acids is 1. The molecular weight excluding hydrogens is 488 g/mol. The molecule has 11 atom stereocenters. The highest BCUT2D eigenvalue weighted by Gasteiger charge is 2.70. The second-order valence-corrected chi connectivity index (χ2v) is 16.9. The minimum Gasteiger partial charge on any atom is -0.481 e. The number of rotatable bonds is 1. The van der Waals surface area contributed by atoms with Crippen LogP contribution in [-0.4, -0.2) is 44.2 Å². The van der Waals surface area contributed by atoms with Crippen LogP contribution in [0.5, 0.6) is 0 Å². The van der Waals surface area contributed by atoms with E-state index in [1.807, 2.05) is 6.92 Å². The molecule has 0 bridgehead atoms. The summed E-state index contributed by atoms with van der Waals surface area (Å²) in [5, 5.41) is 44.1. The second-order valence-electron chi connectivity index (χ2n) is 16.9. The van der Waals surface area contributed by atoms with Gasteiger partial charge in [0, 0.05) is 0 Å². The molecule has 0 saturated heterocycles. The van der Waals surface area contributed by atoms with E-state index < -0.39 is 29.2 Å². The Morgan fingerprint density at radius 2 is 1.54 bits per heavy atom. The fraction of sp³-hybridized carbons (Fsp3) is 0.853. The minimum atomic E-state index is -1.03. The second kappa shape index (κ2) is 8.01. The Labute approximate surface area is 235 Å². The molecule has 10 unspecified atom stereocenters. The molecule has 4 N–H and O–H groups in total. The van der Waals surface area contributed by atoms with Gasteiger partial charge in [0.1, 0.15) is 0 Å². The van der Waals surface area contributed by atoms with Crippen LogP contribution in [0.15, 0.2) is 23.3 Å². The standard InChI is InChI=1S/C34H52O5/c1-28(2)12-14-34(27(37)38)15-13-31(5)20(21(34)17-28)8-9-24-30(4)19-29(3)18-23(36)22(35)16-26(29)33(7,39)25(30)10-11-32(24,31)6/h8,10,21-24,26,35-36,39H,9,11-19H2,1-7H3,(H,37,38)/t21?,22?,23?,24?,26?,29?,30?,31?,32?,33-,34?/m0/s1. The Kier molecular flexibility index (Phi) is 5.75. The van der Waals surface area contributed by atoms with Crippen LogP contribution in [0.3, 0.4) is 0 Å². The number of hydrogen-bond donors (Lipinski definition) is 4. The first-order valence-corrected chi connectivity index (χ1v) is 15.6. The minimum absolute atomic E-state index is 0.0480. The van der Waals surface area contributed by atoms with Crippen molar-refractivity contribution in [2.75, 3.05) is 0 Å². The van der Waals surface area contributed by atoms with Crippen molar-refractivity contribution in [1.29, 1.82) is 0 Å². The third-order valence-electron chi connectivity index (χ3n) is 14.3. The lowest BCUT2D eigenvalue weighted by Crippen LogP contribution is -2.67. The van der Waals surface area contributed by atoms with Crippen LogP contribution in [0.1, 0.15) is 113 Å². The topological polar surface area (TPSA) is 98.0 Å². The molecule has 0 aromatic rings. The SMILES string of the molecule is CC1(C)CCC2(C(=O)O)CCC3(C)C(=CCC4C5(C)CC6(C)CC(O)C(O)CC6[C@@](C)(O)C5=CCC43C)C2C1. The van der Waals surface area contributed by atoms with Gasteiger partial charge < -0.3 is 20.4 Å². The number of hydrogen-bond acceptors (Lipinski definition) is 4. The van der Waals surface area contributed by atoms with Gasteiger partial charge in [0.15, 0.2) is 0 Å². The van der Waals surface area contributed by atoms with Gasteiger partial charge in [-0.2, -0.15) is 0 Å². The fourth-order valence-corrected chi connectivity index (χ4v) is 12.2. The summed E-state index contributed by atoms with van der Waals surface area (Å²) in [6, 6.07) is 0. The summed E-state index contributed by atoms with van der Waals surface area (Å²) in [6.45, 7) is 16.1.